The first-order valence-corrected chi connectivity index (χ1v) is 13.0. The van der Waals surface area contributed by atoms with Crippen molar-refractivity contribution in [3.8, 4) is 23.0 Å². The number of aliphatic hydroxyl groups excluding tert-OH is 1. The highest BCUT2D eigenvalue weighted by molar-refractivity contribution is 7.22. The lowest BCUT2D eigenvalue weighted by Gasteiger charge is -2.23. The quantitative estimate of drug-likeness (QED) is 0.205. The summed E-state index contributed by atoms with van der Waals surface area (Å²) in [4.78, 5) is 33.0. The topological polar surface area (TPSA) is 118 Å². The van der Waals surface area contributed by atoms with E-state index in [-0.39, 0.29) is 34.1 Å². The Morgan fingerprint density at radius 3 is 2.67 bits per heavy atom. The van der Waals surface area contributed by atoms with Crippen LogP contribution in [0.2, 0.25) is 0 Å². The van der Waals surface area contributed by atoms with Gasteiger partial charge in [-0.3, -0.25) is 14.5 Å². The second kappa shape index (κ2) is 9.32. The maximum absolute atomic E-state index is 13.6. The molecule has 2 atom stereocenters. The molecule has 2 aliphatic heterocycles. The third kappa shape index (κ3) is 4.04. The maximum atomic E-state index is 13.6. The molecular formula is C29H24N2O7S. The van der Waals surface area contributed by atoms with Crippen LogP contribution in [0.25, 0.3) is 16.0 Å². The number of benzene rings is 3. The van der Waals surface area contributed by atoms with Crippen molar-refractivity contribution in [2.24, 2.45) is 0 Å². The second-order valence-corrected chi connectivity index (χ2v) is 10.4. The molecule has 2 N–H and O–H groups in total. The van der Waals surface area contributed by atoms with Gasteiger partial charge in [0.2, 0.25) is 0 Å². The van der Waals surface area contributed by atoms with Crippen molar-refractivity contribution in [3.63, 3.8) is 0 Å². The molecule has 3 aromatic carbocycles. The first kappa shape index (κ1) is 24.7. The van der Waals surface area contributed by atoms with Gasteiger partial charge >= 0.3 is 5.91 Å². The standard InChI is InChI=1S/C29H24N2O7S/c1-14-10-17-11-16(5-9-21(17)38-14)26(33)24-25(15-4-8-20(32)22(12-15)37-3)31(28(35)27(24)34)29-30-19-7-6-18(36-2)13-23(19)39-29/h4-9,11-14,25,32-33H,10H2,1-3H3/b26-24+. The fourth-order valence-corrected chi connectivity index (χ4v) is 6.08. The van der Waals surface area contributed by atoms with E-state index < -0.39 is 17.7 Å². The van der Waals surface area contributed by atoms with Crippen LogP contribution in [0.4, 0.5) is 5.13 Å². The monoisotopic (exact) mass is 544 g/mol. The fraction of sp³-hybridized carbons (Fsp3) is 0.207. The Kier molecular flexibility index (Phi) is 5.91. The van der Waals surface area contributed by atoms with Gasteiger partial charge in [-0.05, 0) is 66.6 Å². The van der Waals surface area contributed by atoms with E-state index in [1.165, 1.54) is 29.4 Å². The Morgan fingerprint density at radius 2 is 1.90 bits per heavy atom. The van der Waals surface area contributed by atoms with E-state index in [0.29, 0.717) is 28.8 Å². The highest BCUT2D eigenvalue weighted by atomic mass is 32.1. The molecule has 0 spiro atoms. The van der Waals surface area contributed by atoms with E-state index in [9.17, 15) is 19.8 Å². The lowest BCUT2D eigenvalue weighted by Crippen LogP contribution is -2.29. The fourth-order valence-electron chi connectivity index (χ4n) is 5.06. The minimum absolute atomic E-state index is 0.00472. The summed E-state index contributed by atoms with van der Waals surface area (Å²) in [5.74, 6) is -0.547. The minimum atomic E-state index is -1.02. The molecule has 39 heavy (non-hydrogen) atoms. The number of ketones is 1. The Hall–Kier alpha value is -4.57. The number of fused-ring (bicyclic) bond motifs is 2. The number of ether oxygens (including phenoxy) is 3. The lowest BCUT2D eigenvalue weighted by molar-refractivity contribution is -0.132. The summed E-state index contributed by atoms with van der Waals surface area (Å²) in [6, 6.07) is 14.1. The molecule has 0 aliphatic carbocycles. The van der Waals surface area contributed by atoms with Crippen LogP contribution < -0.4 is 19.1 Å². The Labute approximate surface area is 227 Å². The van der Waals surface area contributed by atoms with Gasteiger partial charge in [-0.25, -0.2) is 4.98 Å². The third-order valence-corrected chi connectivity index (χ3v) is 7.94. The Bertz CT molecular complexity index is 1690. The number of nitrogens with zero attached hydrogens (tertiary/aromatic N) is 2. The van der Waals surface area contributed by atoms with Crippen LogP contribution in [-0.4, -0.2) is 47.2 Å². The van der Waals surface area contributed by atoms with E-state index in [0.717, 1.165) is 16.0 Å². The van der Waals surface area contributed by atoms with Crippen molar-refractivity contribution in [1.82, 2.24) is 4.98 Å². The zero-order chi connectivity index (χ0) is 27.4. The Morgan fingerprint density at radius 1 is 1.08 bits per heavy atom. The van der Waals surface area contributed by atoms with Gasteiger partial charge in [0.1, 0.15) is 23.4 Å². The van der Waals surface area contributed by atoms with Gasteiger partial charge in [0.05, 0.1) is 36.1 Å². The number of carbonyl (C=O) groups excluding carboxylic acids is 2. The number of phenols is 1. The zero-order valence-electron chi connectivity index (χ0n) is 21.3. The van der Waals surface area contributed by atoms with Crippen molar-refractivity contribution in [2.45, 2.75) is 25.5 Å². The van der Waals surface area contributed by atoms with Gasteiger partial charge in [-0.1, -0.05) is 17.4 Å². The zero-order valence-corrected chi connectivity index (χ0v) is 22.1. The minimum Gasteiger partial charge on any atom is -0.507 e. The van der Waals surface area contributed by atoms with Crippen LogP contribution >= 0.6 is 11.3 Å². The molecule has 3 heterocycles. The van der Waals surface area contributed by atoms with Crippen molar-refractivity contribution in [3.05, 3.63) is 76.9 Å². The van der Waals surface area contributed by atoms with Gasteiger partial charge in [-0.2, -0.15) is 0 Å². The molecule has 1 aromatic heterocycles. The average Bonchev–Trinajstić information content (AvgIpc) is 3.60. The summed E-state index contributed by atoms with van der Waals surface area (Å²) < 4.78 is 17.1. The number of hydrogen-bond acceptors (Lipinski definition) is 9. The molecule has 2 unspecified atom stereocenters. The van der Waals surface area contributed by atoms with Gasteiger partial charge in [-0.15, -0.1) is 0 Å². The van der Waals surface area contributed by atoms with Crippen molar-refractivity contribution in [1.29, 1.82) is 0 Å². The van der Waals surface area contributed by atoms with Crippen LogP contribution in [-0.2, 0) is 16.0 Å². The molecule has 0 radical (unpaired) electrons. The van der Waals surface area contributed by atoms with E-state index in [2.05, 4.69) is 4.98 Å². The van der Waals surface area contributed by atoms with Crippen LogP contribution in [0.5, 0.6) is 23.0 Å². The molecule has 1 fully saturated rings. The summed E-state index contributed by atoms with van der Waals surface area (Å²) in [6.45, 7) is 1.96. The second-order valence-electron chi connectivity index (χ2n) is 9.39. The molecule has 6 rings (SSSR count). The summed E-state index contributed by atoms with van der Waals surface area (Å²) >= 11 is 1.23. The predicted octanol–water partition coefficient (Wildman–Crippen LogP) is 4.97. The number of anilines is 1. The van der Waals surface area contributed by atoms with Gasteiger partial charge in [0.25, 0.3) is 5.78 Å². The smallest absolute Gasteiger partial charge is 0.301 e. The maximum Gasteiger partial charge on any atom is 0.301 e. The number of Topliss-reactive ketones (excluding diaryl/α,β-unsaturated/α-hetero) is 1. The average molecular weight is 545 g/mol. The summed E-state index contributed by atoms with van der Waals surface area (Å²) in [5, 5.41) is 22.0. The summed E-state index contributed by atoms with van der Waals surface area (Å²) in [6.07, 6.45) is 0.670. The van der Waals surface area contributed by atoms with Gasteiger partial charge in [0, 0.05) is 12.0 Å². The number of aromatic hydroxyl groups is 1. The number of carbonyl (C=O) groups is 2. The highest BCUT2D eigenvalue weighted by Crippen LogP contribution is 2.46. The number of hydrogen-bond donors (Lipinski definition) is 2. The molecule has 1 saturated heterocycles. The van der Waals surface area contributed by atoms with Crippen molar-refractivity contribution in [2.75, 3.05) is 19.1 Å². The first-order chi connectivity index (χ1) is 18.8. The molecule has 10 heteroatoms. The highest BCUT2D eigenvalue weighted by Gasteiger charge is 2.48. The van der Waals surface area contributed by atoms with E-state index in [4.69, 9.17) is 14.2 Å². The van der Waals surface area contributed by atoms with Crippen LogP contribution in [0.3, 0.4) is 0 Å². The van der Waals surface area contributed by atoms with Crippen LogP contribution in [0, 0.1) is 0 Å². The Balaban J connectivity index is 1.54. The van der Waals surface area contributed by atoms with Crippen molar-refractivity contribution >= 4 is 44.1 Å². The number of phenolic OH excluding ortho intramolecular Hbond substituents is 1. The molecular weight excluding hydrogens is 520 g/mol. The number of amides is 1. The van der Waals surface area contributed by atoms with Gasteiger partial charge < -0.3 is 24.4 Å². The van der Waals surface area contributed by atoms with Gasteiger partial charge in [0.15, 0.2) is 16.6 Å². The first-order valence-electron chi connectivity index (χ1n) is 12.2. The molecule has 198 valence electrons. The van der Waals surface area contributed by atoms with E-state index in [1.807, 2.05) is 6.92 Å². The molecule has 2 aliphatic rings. The third-order valence-electron chi connectivity index (χ3n) is 6.92. The van der Waals surface area contributed by atoms with E-state index in [1.54, 1.807) is 55.6 Å². The number of methoxy groups -OCH3 is 2. The van der Waals surface area contributed by atoms with Crippen LogP contribution in [0.1, 0.15) is 29.7 Å². The SMILES string of the molecule is COc1ccc2nc(N3C(=O)C(=O)/C(=C(/O)c4ccc5c(c4)CC(C)O5)C3c3ccc(O)c(OC)c3)sc2c1. The van der Waals surface area contributed by atoms with E-state index >= 15 is 0 Å². The molecule has 0 saturated carbocycles. The number of thiazole rings is 1. The number of aliphatic hydroxyl groups is 1. The lowest BCUT2D eigenvalue weighted by atomic mass is 9.94. The summed E-state index contributed by atoms with van der Waals surface area (Å²) in [7, 11) is 2.97. The normalized spacial score (nSPS) is 19.8. The predicted molar refractivity (Wildman–Crippen MR) is 146 cm³/mol. The van der Waals surface area contributed by atoms with Crippen LogP contribution in [0.15, 0.2) is 60.2 Å². The molecule has 4 aromatic rings. The molecule has 1 amide bonds. The van der Waals surface area contributed by atoms with Crippen molar-refractivity contribution < 1.29 is 34.0 Å². The largest absolute Gasteiger partial charge is 0.507 e. The summed E-state index contributed by atoms with van der Waals surface area (Å²) in [5.41, 5.74) is 2.31. The molecule has 9 nitrogen and oxygen atoms in total. The number of aromatic nitrogens is 1. The number of rotatable bonds is 5. The molecule has 0 bridgehead atoms.